The zero-order valence-corrected chi connectivity index (χ0v) is 56.9. The molecule has 0 saturated carbocycles. The van der Waals surface area contributed by atoms with E-state index in [1.54, 1.807) is 0 Å². The summed E-state index contributed by atoms with van der Waals surface area (Å²) in [5, 5.41) is 11.8. The monoisotopic (exact) mass is 1210 g/mol. The average Bonchev–Trinajstić information content (AvgIpc) is 3.57. The summed E-state index contributed by atoms with van der Waals surface area (Å²) < 4.78 is 22.8. The maximum absolute atomic E-state index is 12.9. The number of quaternary nitrogens is 1. The van der Waals surface area contributed by atoms with Gasteiger partial charge in [-0.05, 0) is 103 Å². The van der Waals surface area contributed by atoms with E-state index in [0.717, 1.165) is 109 Å². The van der Waals surface area contributed by atoms with Crippen LogP contribution in [0.1, 0.15) is 296 Å². The standard InChI is InChI=1S/C78H133NO8/c1-6-8-10-12-14-16-18-20-22-24-26-28-30-32-33-34-35-36-37-38-39-40-41-42-43-45-47-49-51-53-55-57-59-61-63-65-67-69-76(81)87-74(73-86-78(77(82)83)84-71-70-79(3,4)5)72-85-75(80)68-66-64-62-60-58-56-54-52-50-48-46-44-31-29-27-25-23-21-19-17-15-13-11-9-7-2/h8-11,14-17,20-23,26-29,32-33,44,46,74,78H,6-7,12-13,18-19,24-25,30-31,34-43,45,47-73H2,1-5H3/b10-8-,11-9-,16-14-,17-15-,22-20-,23-21-,28-26-,29-27-,33-32-,46-44-. The lowest BCUT2D eigenvalue weighted by molar-refractivity contribution is -0.870. The second-order valence-electron chi connectivity index (χ2n) is 24.8. The van der Waals surface area contributed by atoms with E-state index in [1.807, 2.05) is 21.1 Å². The molecule has 498 valence electrons. The normalized spacial score (nSPS) is 13.4. The van der Waals surface area contributed by atoms with E-state index in [9.17, 15) is 19.5 Å². The first-order chi connectivity index (χ1) is 42.6. The van der Waals surface area contributed by atoms with Gasteiger partial charge in [0.05, 0.1) is 40.3 Å². The third-order valence-electron chi connectivity index (χ3n) is 15.2. The molecule has 0 bridgehead atoms. The van der Waals surface area contributed by atoms with Crippen LogP contribution in [-0.4, -0.2) is 82.3 Å². The van der Waals surface area contributed by atoms with Gasteiger partial charge in [0.2, 0.25) is 0 Å². The highest BCUT2D eigenvalue weighted by Gasteiger charge is 2.22. The Morgan fingerprint density at radius 2 is 0.621 bits per heavy atom. The highest BCUT2D eigenvalue weighted by atomic mass is 16.7. The Hall–Kier alpha value is -4.31. The average molecular weight is 1210 g/mol. The van der Waals surface area contributed by atoms with Gasteiger partial charge >= 0.3 is 11.9 Å². The molecule has 2 atom stereocenters. The number of carbonyl (C=O) groups is 3. The maximum Gasteiger partial charge on any atom is 0.306 e. The Bertz CT molecular complexity index is 1840. The Morgan fingerprint density at radius 1 is 0.345 bits per heavy atom. The summed E-state index contributed by atoms with van der Waals surface area (Å²) in [7, 11) is 5.93. The van der Waals surface area contributed by atoms with Crippen LogP contribution >= 0.6 is 0 Å². The van der Waals surface area contributed by atoms with Crippen molar-refractivity contribution in [1.29, 1.82) is 0 Å². The van der Waals surface area contributed by atoms with Crippen LogP contribution in [-0.2, 0) is 33.3 Å². The van der Waals surface area contributed by atoms with Crippen molar-refractivity contribution < 1.29 is 42.9 Å². The molecule has 9 heteroatoms. The molecule has 0 rings (SSSR count). The van der Waals surface area contributed by atoms with Crippen molar-refractivity contribution in [2.24, 2.45) is 0 Å². The summed E-state index contributed by atoms with van der Waals surface area (Å²) in [5.41, 5.74) is 0. The predicted molar refractivity (Wildman–Crippen MR) is 370 cm³/mol. The smallest absolute Gasteiger partial charge is 0.306 e. The molecule has 0 aromatic carbocycles. The Kier molecular flexibility index (Phi) is 64.3. The van der Waals surface area contributed by atoms with Crippen molar-refractivity contribution in [2.45, 2.75) is 309 Å². The van der Waals surface area contributed by atoms with Crippen molar-refractivity contribution in [3.8, 4) is 0 Å². The number of likely N-dealkylation sites (N-methyl/N-ethyl adjacent to an activating group) is 1. The number of nitrogens with zero attached hydrogens (tertiary/aromatic N) is 1. The molecule has 87 heavy (non-hydrogen) atoms. The Morgan fingerprint density at radius 3 is 0.920 bits per heavy atom. The van der Waals surface area contributed by atoms with Gasteiger partial charge in [0.25, 0.3) is 0 Å². The van der Waals surface area contributed by atoms with E-state index in [0.29, 0.717) is 17.4 Å². The number of hydrogen-bond donors (Lipinski definition) is 0. The van der Waals surface area contributed by atoms with Crippen molar-refractivity contribution in [3.05, 3.63) is 122 Å². The van der Waals surface area contributed by atoms with Crippen molar-refractivity contribution in [1.82, 2.24) is 0 Å². The Balaban J connectivity index is 4.07. The van der Waals surface area contributed by atoms with Gasteiger partial charge < -0.3 is 33.3 Å². The molecule has 0 amide bonds. The predicted octanol–water partition coefficient (Wildman–Crippen LogP) is 21.0. The number of ether oxygens (including phenoxy) is 4. The number of unbranched alkanes of at least 4 members (excludes halogenated alkanes) is 30. The van der Waals surface area contributed by atoms with E-state index in [1.165, 1.54) is 154 Å². The number of allylic oxidation sites excluding steroid dienone is 20. The van der Waals surface area contributed by atoms with Gasteiger partial charge in [-0.2, -0.15) is 0 Å². The molecular formula is C78H133NO8. The lowest BCUT2D eigenvalue weighted by atomic mass is 10.0. The fraction of sp³-hybridized carbons (Fsp3) is 0.705. The molecule has 0 aliphatic heterocycles. The summed E-state index contributed by atoms with van der Waals surface area (Å²) in [4.78, 5) is 37.5. The zero-order chi connectivity index (χ0) is 63.3. The van der Waals surface area contributed by atoms with Gasteiger partial charge in [-0.15, -0.1) is 0 Å². The number of aliphatic carboxylic acids is 1. The van der Waals surface area contributed by atoms with Crippen LogP contribution in [0.3, 0.4) is 0 Å². The van der Waals surface area contributed by atoms with Crippen LogP contribution < -0.4 is 5.11 Å². The molecule has 0 N–H and O–H groups in total. The van der Waals surface area contributed by atoms with E-state index < -0.39 is 24.3 Å². The van der Waals surface area contributed by atoms with E-state index in [4.69, 9.17) is 18.9 Å². The molecule has 0 aromatic rings. The Labute approximate surface area is 536 Å². The summed E-state index contributed by atoms with van der Waals surface area (Å²) >= 11 is 0. The fourth-order valence-corrected chi connectivity index (χ4v) is 9.83. The minimum Gasteiger partial charge on any atom is -0.545 e. The largest absolute Gasteiger partial charge is 0.545 e. The third-order valence-corrected chi connectivity index (χ3v) is 15.2. The lowest BCUT2D eigenvalue weighted by Crippen LogP contribution is -2.44. The molecule has 0 heterocycles. The SMILES string of the molecule is CC/C=C\C/C=C\C/C=C\C/C=C\C/C=C\CCCCCCCCCCCCCCCCCCCCCCCC(=O)OC(COC(=O)CCCCCCCCCCC/C=C\C/C=C\C/C=C\C/C=C\C/C=C\CC)COC(OCC[N+](C)(C)C)C(=O)[O-]. The molecule has 0 aliphatic carbocycles. The van der Waals surface area contributed by atoms with Gasteiger partial charge in [0.1, 0.15) is 13.2 Å². The highest BCUT2D eigenvalue weighted by Crippen LogP contribution is 2.17. The van der Waals surface area contributed by atoms with Gasteiger partial charge in [0.15, 0.2) is 12.4 Å². The van der Waals surface area contributed by atoms with Crippen LogP contribution in [0.5, 0.6) is 0 Å². The van der Waals surface area contributed by atoms with Gasteiger partial charge in [-0.1, -0.05) is 302 Å². The van der Waals surface area contributed by atoms with Gasteiger partial charge in [0, 0.05) is 12.8 Å². The number of carboxylic acids is 1. The maximum atomic E-state index is 12.9. The highest BCUT2D eigenvalue weighted by molar-refractivity contribution is 5.70. The molecule has 0 aliphatic rings. The van der Waals surface area contributed by atoms with E-state index >= 15 is 0 Å². The first-order valence-corrected chi connectivity index (χ1v) is 35.7. The topological polar surface area (TPSA) is 111 Å². The summed E-state index contributed by atoms with van der Waals surface area (Å²) in [6.07, 6.45) is 92.8. The van der Waals surface area contributed by atoms with E-state index in [2.05, 4.69) is 135 Å². The third kappa shape index (κ3) is 69.0. The minimum absolute atomic E-state index is 0.143. The number of carbonyl (C=O) groups excluding carboxylic acids is 3. The second kappa shape index (κ2) is 67.6. The fourth-order valence-electron chi connectivity index (χ4n) is 9.83. The molecular weight excluding hydrogens is 1080 g/mol. The van der Waals surface area contributed by atoms with Crippen molar-refractivity contribution >= 4 is 17.9 Å². The van der Waals surface area contributed by atoms with E-state index in [-0.39, 0.29) is 38.6 Å². The van der Waals surface area contributed by atoms with Crippen LogP contribution in [0.15, 0.2) is 122 Å². The first kappa shape index (κ1) is 82.7. The minimum atomic E-state index is -1.63. The summed E-state index contributed by atoms with van der Waals surface area (Å²) in [6, 6.07) is 0. The van der Waals surface area contributed by atoms with Gasteiger partial charge in [-0.3, -0.25) is 9.59 Å². The van der Waals surface area contributed by atoms with Crippen LogP contribution in [0, 0.1) is 0 Å². The molecule has 2 unspecified atom stereocenters. The van der Waals surface area contributed by atoms with Gasteiger partial charge in [-0.25, -0.2) is 0 Å². The van der Waals surface area contributed by atoms with Crippen molar-refractivity contribution in [3.63, 3.8) is 0 Å². The quantitative estimate of drug-likeness (QED) is 0.0195. The zero-order valence-electron chi connectivity index (χ0n) is 56.9. The molecule has 0 aromatic heterocycles. The number of esters is 2. The molecule has 0 saturated heterocycles. The van der Waals surface area contributed by atoms with Crippen LogP contribution in [0.25, 0.3) is 0 Å². The number of rotatable bonds is 65. The first-order valence-electron chi connectivity index (χ1n) is 35.7. The second-order valence-corrected chi connectivity index (χ2v) is 24.8. The number of hydrogen-bond acceptors (Lipinski definition) is 8. The molecule has 0 fully saturated rings. The molecule has 9 nitrogen and oxygen atoms in total. The van der Waals surface area contributed by atoms with Crippen LogP contribution in [0.2, 0.25) is 0 Å². The number of carboxylic acid groups (broad SMARTS) is 1. The van der Waals surface area contributed by atoms with Crippen LogP contribution in [0.4, 0.5) is 0 Å². The lowest BCUT2D eigenvalue weighted by Gasteiger charge is -2.26. The molecule has 0 radical (unpaired) electrons. The molecule has 0 spiro atoms. The summed E-state index contributed by atoms with van der Waals surface area (Å²) in [5.74, 6) is -2.29. The van der Waals surface area contributed by atoms with Crippen molar-refractivity contribution in [2.75, 3.05) is 47.5 Å². The summed E-state index contributed by atoms with van der Waals surface area (Å²) in [6.45, 7) is 4.53.